The average Bonchev–Trinajstić information content (AvgIpc) is 2.62. The lowest BCUT2D eigenvalue weighted by Crippen LogP contribution is -2.09. The number of hydrogen-bond acceptors (Lipinski definition) is 7. The highest BCUT2D eigenvalue weighted by atomic mass is 32.2. The van der Waals surface area contributed by atoms with Crippen molar-refractivity contribution in [2.75, 3.05) is 14.2 Å². The fourth-order valence-corrected chi connectivity index (χ4v) is 3.44. The van der Waals surface area contributed by atoms with Gasteiger partial charge in [-0.25, -0.2) is 0 Å². The van der Waals surface area contributed by atoms with E-state index in [0.29, 0.717) is 27.6 Å². The van der Waals surface area contributed by atoms with Crippen LogP contribution < -0.4 is 19.6 Å². The molecule has 0 amide bonds. The summed E-state index contributed by atoms with van der Waals surface area (Å²) in [5.74, 6) is 1.24. The molecule has 1 heterocycles. The van der Waals surface area contributed by atoms with Crippen LogP contribution in [0.2, 0.25) is 0 Å². The van der Waals surface area contributed by atoms with Crippen molar-refractivity contribution in [2.24, 2.45) is 0 Å². The molecule has 1 aromatic heterocycles. The Labute approximate surface area is 160 Å². The Morgan fingerprint density at radius 2 is 1.70 bits per heavy atom. The van der Waals surface area contributed by atoms with Gasteiger partial charge in [0, 0.05) is 17.0 Å². The Morgan fingerprint density at radius 1 is 1.04 bits per heavy atom. The van der Waals surface area contributed by atoms with Gasteiger partial charge in [0.2, 0.25) is 5.75 Å². The molecule has 6 nitrogen and oxygen atoms in total. The molecule has 0 fully saturated rings. The van der Waals surface area contributed by atoms with E-state index in [0.717, 1.165) is 4.90 Å². The first-order valence-corrected chi connectivity index (χ1v) is 9.11. The lowest BCUT2D eigenvalue weighted by atomic mass is 10.1. The van der Waals surface area contributed by atoms with E-state index >= 15 is 0 Å². The molecule has 3 rings (SSSR count). The fraction of sp³-hybridized carbons (Fsp3) is 0.250. The topological polar surface area (TPSA) is 78.1 Å². The molecule has 0 atom stereocenters. The van der Waals surface area contributed by atoms with Crippen molar-refractivity contribution in [3.05, 3.63) is 46.6 Å². The minimum absolute atomic E-state index is 0.0951. The molecular formula is C20H20O6S. The zero-order valence-electron chi connectivity index (χ0n) is 15.4. The van der Waals surface area contributed by atoms with Crippen LogP contribution in [0.25, 0.3) is 11.0 Å². The van der Waals surface area contributed by atoms with E-state index in [1.54, 1.807) is 30.3 Å². The number of fused-ring (bicyclic) bond motifs is 1. The second-order valence-electron chi connectivity index (χ2n) is 6.01. The fourth-order valence-electron chi connectivity index (χ4n) is 2.64. The van der Waals surface area contributed by atoms with Gasteiger partial charge >= 0.3 is 0 Å². The standard InChI is InChI=1S/C20H20O6S/c1-11(2)25-16-10-15-18(20(24-4)19(16)23-3)14(22)9-17(26-15)27-13-7-5-12(21)6-8-13/h5-11,21H,1-4H3. The summed E-state index contributed by atoms with van der Waals surface area (Å²) < 4.78 is 22.6. The number of aromatic hydroxyl groups is 1. The molecule has 0 saturated carbocycles. The molecule has 0 aliphatic heterocycles. The zero-order valence-corrected chi connectivity index (χ0v) is 16.3. The van der Waals surface area contributed by atoms with Crippen LogP contribution in [-0.2, 0) is 0 Å². The van der Waals surface area contributed by atoms with Crippen LogP contribution in [0.5, 0.6) is 23.0 Å². The van der Waals surface area contributed by atoms with Gasteiger partial charge < -0.3 is 23.7 Å². The minimum atomic E-state index is -0.247. The van der Waals surface area contributed by atoms with Crippen LogP contribution in [0.1, 0.15) is 13.8 Å². The van der Waals surface area contributed by atoms with E-state index in [2.05, 4.69) is 0 Å². The summed E-state index contributed by atoms with van der Waals surface area (Å²) in [4.78, 5) is 13.6. The minimum Gasteiger partial charge on any atom is -0.508 e. The predicted molar refractivity (Wildman–Crippen MR) is 104 cm³/mol. The van der Waals surface area contributed by atoms with E-state index in [1.165, 1.54) is 32.0 Å². The van der Waals surface area contributed by atoms with Gasteiger partial charge in [-0.1, -0.05) is 11.8 Å². The third-order valence-corrected chi connectivity index (χ3v) is 4.61. The van der Waals surface area contributed by atoms with E-state index < -0.39 is 0 Å². The highest BCUT2D eigenvalue weighted by Crippen LogP contribution is 2.43. The van der Waals surface area contributed by atoms with Gasteiger partial charge in [0.05, 0.1) is 20.3 Å². The van der Waals surface area contributed by atoms with Crippen LogP contribution in [0.4, 0.5) is 0 Å². The van der Waals surface area contributed by atoms with Crippen LogP contribution in [0, 0.1) is 0 Å². The number of hydrogen-bond donors (Lipinski definition) is 1. The number of benzene rings is 2. The number of methoxy groups -OCH3 is 2. The molecule has 0 saturated heterocycles. The van der Waals surface area contributed by atoms with Crippen molar-refractivity contribution >= 4 is 22.7 Å². The van der Waals surface area contributed by atoms with E-state index in [1.807, 2.05) is 13.8 Å². The lowest BCUT2D eigenvalue weighted by molar-refractivity contribution is 0.226. The second-order valence-corrected chi connectivity index (χ2v) is 7.08. The van der Waals surface area contributed by atoms with Crippen molar-refractivity contribution < 1.29 is 23.7 Å². The summed E-state index contributed by atoms with van der Waals surface area (Å²) in [6.07, 6.45) is -0.0951. The van der Waals surface area contributed by atoms with Gasteiger partial charge in [0.15, 0.2) is 22.0 Å². The molecule has 0 spiro atoms. The molecule has 2 aromatic carbocycles. The number of phenols is 1. The monoisotopic (exact) mass is 388 g/mol. The lowest BCUT2D eigenvalue weighted by Gasteiger charge is -2.17. The maximum atomic E-state index is 12.7. The van der Waals surface area contributed by atoms with Gasteiger partial charge in [0.1, 0.15) is 16.7 Å². The molecule has 27 heavy (non-hydrogen) atoms. The van der Waals surface area contributed by atoms with Gasteiger partial charge in [-0.15, -0.1) is 0 Å². The van der Waals surface area contributed by atoms with Gasteiger partial charge in [-0.3, -0.25) is 4.79 Å². The number of rotatable bonds is 6. The summed E-state index contributed by atoms with van der Waals surface area (Å²) in [5.41, 5.74) is 0.0980. The average molecular weight is 388 g/mol. The van der Waals surface area contributed by atoms with Crippen molar-refractivity contribution in [3.8, 4) is 23.0 Å². The van der Waals surface area contributed by atoms with Gasteiger partial charge in [-0.05, 0) is 38.1 Å². The van der Waals surface area contributed by atoms with Gasteiger partial charge in [0.25, 0.3) is 0 Å². The summed E-state index contributed by atoms with van der Waals surface area (Å²) in [6, 6.07) is 9.68. The summed E-state index contributed by atoms with van der Waals surface area (Å²) >= 11 is 1.28. The Balaban J connectivity index is 2.15. The first kappa shape index (κ1) is 19.0. The zero-order chi connectivity index (χ0) is 19.6. The van der Waals surface area contributed by atoms with Crippen molar-refractivity contribution in [1.82, 2.24) is 0 Å². The van der Waals surface area contributed by atoms with E-state index in [4.69, 9.17) is 18.6 Å². The predicted octanol–water partition coefficient (Wildman–Crippen LogP) is 4.45. The van der Waals surface area contributed by atoms with Crippen LogP contribution in [0.15, 0.2) is 55.6 Å². The molecule has 0 bridgehead atoms. The molecule has 0 aliphatic carbocycles. The molecule has 7 heteroatoms. The molecule has 142 valence electrons. The van der Waals surface area contributed by atoms with Crippen molar-refractivity contribution in [2.45, 2.75) is 29.9 Å². The van der Waals surface area contributed by atoms with E-state index in [-0.39, 0.29) is 23.0 Å². The first-order valence-electron chi connectivity index (χ1n) is 8.29. The maximum absolute atomic E-state index is 12.7. The Morgan fingerprint density at radius 3 is 2.30 bits per heavy atom. The second kappa shape index (κ2) is 7.84. The normalized spacial score (nSPS) is 11.0. The smallest absolute Gasteiger partial charge is 0.204 e. The van der Waals surface area contributed by atoms with Crippen LogP contribution in [-0.4, -0.2) is 25.4 Å². The van der Waals surface area contributed by atoms with E-state index in [9.17, 15) is 9.90 Å². The summed E-state index contributed by atoms with van der Waals surface area (Å²) in [5, 5.41) is 10.1. The van der Waals surface area contributed by atoms with Crippen molar-refractivity contribution in [1.29, 1.82) is 0 Å². The Bertz CT molecular complexity index is 1010. The highest BCUT2D eigenvalue weighted by Gasteiger charge is 2.21. The molecular weight excluding hydrogens is 368 g/mol. The quantitative estimate of drug-likeness (QED) is 0.668. The Hall–Kier alpha value is -2.80. The molecule has 0 unspecified atom stereocenters. The third kappa shape index (κ3) is 3.98. The SMILES string of the molecule is COc1c(OC(C)C)cc2oc(Sc3ccc(O)cc3)cc(=O)c2c1OC. The third-order valence-electron chi connectivity index (χ3n) is 3.70. The Kier molecular flexibility index (Phi) is 5.51. The van der Waals surface area contributed by atoms with Gasteiger partial charge in [-0.2, -0.15) is 0 Å². The van der Waals surface area contributed by atoms with Crippen LogP contribution >= 0.6 is 11.8 Å². The largest absolute Gasteiger partial charge is 0.508 e. The molecule has 0 radical (unpaired) electrons. The molecule has 0 aliphatic rings. The molecule has 3 aromatic rings. The van der Waals surface area contributed by atoms with Crippen LogP contribution in [0.3, 0.4) is 0 Å². The van der Waals surface area contributed by atoms with Crippen molar-refractivity contribution in [3.63, 3.8) is 0 Å². The maximum Gasteiger partial charge on any atom is 0.204 e. The number of phenolic OH excluding ortho intramolecular Hbond substituents is 1. The molecule has 1 N–H and O–H groups in total. The summed E-state index contributed by atoms with van der Waals surface area (Å²) in [6.45, 7) is 3.78. The summed E-state index contributed by atoms with van der Waals surface area (Å²) in [7, 11) is 2.96. The highest BCUT2D eigenvalue weighted by molar-refractivity contribution is 7.99. The first-order chi connectivity index (χ1) is 12.9. The number of ether oxygens (including phenoxy) is 3.